The van der Waals surface area contributed by atoms with Gasteiger partial charge in [-0.05, 0) is 23.8 Å². The first-order valence-corrected chi connectivity index (χ1v) is 8.88. The second kappa shape index (κ2) is 5.62. The van der Waals surface area contributed by atoms with Gasteiger partial charge in [0.2, 0.25) is 0 Å². The highest BCUT2D eigenvalue weighted by molar-refractivity contribution is 6.30. The average Bonchev–Trinajstić information content (AvgIpc) is 3.06. The van der Waals surface area contributed by atoms with Gasteiger partial charge in [-0.1, -0.05) is 41.9 Å². The Hall–Kier alpha value is -3.25. The Kier molecular flexibility index (Phi) is 3.32. The molecule has 0 fully saturated rings. The average molecular weight is 379 g/mol. The molecule has 2 aromatic carbocycles. The lowest BCUT2D eigenvalue weighted by molar-refractivity contribution is 0.844. The van der Waals surface area contributed by atoms with Crippen molar-refractivity contribution in [3.05, 3.63) is 91.0 Å². The van der Waals surface area contributed by atoms with E-state index < -0.39 is 5.92 Å². The molecule has 0 bridgehead atoms. The monoisotopic (exact) mass is 378 g/mol. The second-order valence-corrected chi connectivity index (χ2v) is 7.08. The molecule has 27 heavy (non-hydrogen) atoms. The highest BCUT2D eigenvalue weighted by Gasteiger charge is 2.35. The number of benzene rings is 2. The van der Waals surface area contributed by atoms with Crippen molar-refractivity contribution >= 4 is 34.0 Å². The predicted molar refractivity (Wildman–Crippen MR) is 106 cm³/mol. The minimum absolute atomic E-state index is 0.137. The number of aryl methyl sites for hydroxylation is 1. The maximum absolute atomic E-state index is 13.3. The van der Waals surface area contributed by atoms with Crippen molar-refractivity contribution in [3.8, 4) is 0 Å². The van der Waals surface area contributed by atoms with E-state index in [4.69, 9.17) is 11.6 Å². The number of halogens is 1. The van der Waals surface area contributed by atoms with E-state index in [1.165, 1.54) is 0 Å². The number of hydrogen-bond donors (Lipinski definition) is 3. The number of pyridine rings is 1. The van der Waals surface area contributed by atoms with Crippen LogP contribution in [0, 0.1) is 0 Å². The summed E-state index contributed by atoms with van der Waals surface area (Å²) in [5, 5.41) is 10.3. The first kappa shape index (κ1) is 16.0. The minimum atomic E-state index is -0.494. The van der Waals surface area contributed by atoms with Crippen LogP contribution in [0.15, 0.2) is 58.1 Å². The molecule has 0 saturated heterocycles. The molecule has 6 nitrogen and oxygen atoms in total. The third-order valence-corrected chi connectivity index (χ3v) is 5.44. The number of hydrogen-bond acceptors (Lipinski definition) is 3. The van der Waals surface area contributed by atoms with Crippen molar-refractivity contribution in [2.45, 2.75) is 5.92 Å². The van der Waals surface area contributed by atoms with Crippen LogP contribution in [0.25, 0.3) is 10.9 Å². The summed E-state index contributed by atoms with van der Waals surface area (Å²) in [6, 6.07) is 15.0. The lowest BCUT2D eigenvalue weighted by Gasteiger charge is -2.27. The molecule has 1 aliphatic heterocycles. The van der Waals surface area contributed by atoms with Crippen molar-refractivity contribution in [2.24, 2.45) is 7.05 Å². The highest BCUT2D eigenvalue weighted by Crippen LogP contribution is 2.43. The third kappa shape index (κ3) is 2.20. The Labute approximate surface area is 158 Å². The number of H-pyrrole nitrogens is 2. The molecule has 1 atom stereocenters. The first-order chi connectivity index (χ1) is 13.1. The van der Waals surface area contributed by atoms with Crippen molar-refractivity contribution in [1.29, 1.82) is 0 Å². The van der Waals surface area contributed by atoms with Crippen molar-refractivity contribution in [1.82, 2.24) is 14.8 Å². The summed E-state index contributed by atoms with van der Waals surface area (Å²) >= 11 is 6.04. The van der Waals surface area contributed by atoms with Crippen molar-refractivity contribution in [3.63, 3.8) is 0 Å². The van der Waals surface area contributed by atoms with Gasteiger partial charge in [0.15, 0.2) is 0 Å². The van der Waals surface area contributed by atoms with Crippen LogP contribution in [0.4, 0.5) is 11.5 Å². The van der Waals surface area contributed by atoms with E-state index in [2.05, 4.69) is 15.5 Å². The molecule has 0 aliphatic carbocycles. The van der Waals surface area contributed by atoms with Gasteiger partial charge in [0.25, 0.3) is 11.1 Å². The van der Waals surface area contributed by atoms with Crippen molar-refractivity contribution in [2.75, 3.05) is 5.32 Å². The summed E-state index contributed by atoms with van der Waals surface area (Å²) in [6.45, 7) is 0. The fourth-order valence-corrected chi connectivity index (χ4v) is 4.05. The molecular formula is C20H15ClN4O2. The molecule has 0 spiro atoms. The van der Waals surface area contributed by atoms with E-state index in [1.54, 1.807) is 23.7 Å². The Balaban J connectivity index is 1.93. The van der Waals surface area contributed by atoms with Gasteiger partial charge < -0.3 is 9.88 Å². The number of fused-ring (bicyclic) bond motifs is 4. The zero-order chi connectivity index (χ0) is 18.7. The Morgan fingerprint density at radius 3 is 2.48 bits per heavy atom. The molecule has 134 valence electrons. The van der Waals surface area contributed by atoms with Crippen LogP contribution in [0.5, 0.6) is 0 Å². The molecule has 2 aromatic heterocycles. The van der Waals surface area contributed by atoms with Gasteiger partial charge >= 0.3 is 0 Å². The predicted octanol–water partition coefficient (Wildman–Crippen LogP) is 3.45. The van der Waals surface area contributed by atoms with Crippen LogP contribution >= 0.6 is 11.6 Å². The van der Waals surface area contributed by atoms with Crippen molar-refractivity contribution < 1.29 is 0 Å². The number of nitrogens with one attached hydrogen (secondary N) is 3. The number of rotatable bonds is 1. The van der Waals surface area contributed by atoms with E-state index in [9.17, 15) is 9.59 Å². The summed E-state index contributed by atoms with van der Waals surface area (Å²) in [5.74, 6) is 0.0812. The van der Waals surface area contributed by atoms with Gasteiger partial charge in [-0.15, -0.1) is 0 Å². The fraction of sp³-hybridized carbons (Fsp3) is 0.100. The van der Waals surface area contributed by atoms with Gasteiger partial charge in [-0.25, -0.2) is 0 Å². The number of nitrogens with zero attached hydrogens (tertiary/aromatic N) is 1. The molecule has 5 rings (SSSR count). The standard InChI is InChI=1S/C20H15ClN4O2/c1-25-13-5-3-2-4-12(13)17-15(20(25)27)14(10-6-8-11(21)9-7-10)16-18(22-17)23-24-19(16)26/h2-9,14H,1H3,(H3,22,23,24,26)/t14-/m0/s1. The Morgan fingerprint density at radius 1 is 0.963 bits per heavy atom. The van der Waals surface area contributed by atoms with E-state index in [1.807, 2.05) is 36.4 Å². The zero-order valence-electron chi connectivity index (χ0n) is 14.3. The molecule has 0 radical (unpaired) electrons. The highest BCUT2D eigenvalue weighted by atomic mass is 35.5. The number of aromatic nitrogens is 3. The SMILES string of the molecule is Cn1c(=O)c2c(c3ccccc31)Nc1[nH][nH]c(=O)c1[C@H]2c1ccc(Cl)cc1. The van der Waals surface area contributed by atoms with Gasteiger partial charge in [0, 0.05) is 17.5 Å². The molecule has 0 amide bonds. The van der Waals surface area contributed by atoms with Gasteiger partial charge in [0.1, 0.15) is 5.82 Å². The second-order valence-electron chi connectivity index (χ2n) is 6.65. The van der Waals surface area contributed by atoms with Crippen LogP contribution in [-0.2, 0) is 7.05 Å². The zero-order valence-corrected chi connectivity index (χ0v) is 15.1. The van der Waals surface area contributed by atoms with E-state index in [0.29, 0.717) is 22.0 Å². The van der Waals surface area contributed by atoms with Gasteiger partial charge in [0.05, 0.1) is 28.2 Å². The maximum atomic E-state index is 13.3. The molecule has 1 aliphatic rings. The topological polar surface area (TPSA) is 82.7 Å². The smallest absolute Gasteiger partial charge is 0.270 e. The molecule has 3 N–H and O–H groups in total. The molecular weight excluding hydrogens is 364 g/mol. The van der Waals surface area contributed by atoms with E-state index in [-0.39, 0.29) is 11.1 Å². The lowest BCUT2D eigenvalue weighted by atomic mass is 9.83. The number of aromatic amines is 2. The summed E-state index contributed by atoms with van der Waals surface area (Å²) in [7, 11) is 1.75. The Bertz CT molecular complexity index is 1310. The van der Waals surface area contributed by atoms with Gasteiger partial charge in [-0.2, -0.15) is 0 Å². The first-order valence-electron chi connectivity index (χ1n) is 8.51. The van der Waals surface area contributed by atoms with Crippen LogP contribution in [0.2, 0.25) is 5.02 Å². The van der Waals surface area contributed by atoms with Crippen LogP contribution in [0.1, 0.15) is 22.6 Å². The normalized spacial score (nSPS) is 15.3. The maximum Gasteiger partial charge on any atom is 0.270 e. The largest absolute Gasteiger partial charge is 0.339 e. The minimum Gasteiger partial charge on any atom is -0.339 e. The van der Waals surface area contributed by atoms with Crippen LogP contribution < -0.4 is 16.4 Å². The summed E-state index contributed by atoms with van der Waals surface area (Å²) in [4.78, 5) is 25.8. The molecule has 7 heteroatoms. The van der Waals surface area contributed by atoms with E-state index in [0.717, 1.165) is 22.2 Å². The molecule has 0 unspecified atom stereocenters. The molecule has 3 heterocycles. The van der Waals surface area contributed by atoms with Gasteiger partial charge in [-0.3, -0.25) is 19.8 Å². The lowest BCUT2D eigenvalue weighted by Crippen LogP contribution is -2.30. The summed E-state index contributed by atoms with van der Waals surface area (Å²) < 4.78 is 1.63. The quantitative estimate of drug-likeness (QED) is 0.418. The third-order valence-electron chi connectivity index (χ3n) is 5.18. The van der Waals surface area contributed by atoms with E-state index >= 15 is 0 Å². The molecule has 4 aromatic rings. The Morgan fingerprint density at radius 2 is 1.70 bits per heavy atom. The van der Waals surface area contributed by atoms with Crippen LogP contribution in [0.3, 0.4) is 0 Å². The molecule has 0 saturated carbocycles. The summed E-state index contributed by atoms with van der Waals surface area (Å²) in [6.07, 6.45) is 0. The number of para-hydroxylation sites is 1. The van der Waals surface area contributed by atoms with Crippen LogP contribution in [-0.4, -0.2) is 14.8 Å². The summed E-state index contributed by atoms with van der Waals surface area (Å²) in [5.41, 5.74) is 3.04. The fourth-order valence-electron chi connectivity index (χ4n) is 3.92. The number of anilines is 2.